The first-order valence-electron chi connectivity index (χ1n) is 14.4. The van der Waals surface area contributed by atoms with E-state index in [-0.39, 0.29) is 4.90 Å². The number of fused-ring (bicyclic) bond motifs is 1. The van der Waals surface area contributed by atoms with Gasteiger partial charge >= 0.3 is 10.1 Å². The Hall–Kier alpha value is -2.90. The van der Waals surface area contributed by atoms with Crippen molar-refractivity contribution in [3.8, 4) is 5.75 Å². The summed E-state index contributed by atoms with van der Waals surface area (Å²) in [7, 11) is -3.96. The molecule has 0 saturated carbocycles. The Morgan fingerprint density at radius 2 is 1.69 bits per heavy atom. The highest BCUT2D eigenvalue weighted by atomic mass is 32.2. The molecule has 1 aliphatic heterocycles. The number of carbonyl (C=O) groups is 1. The fraction of sp³-hybridized carbons (Fsp3) is 0.469. The Kier molecular flexibility index (Phi) is 10.4. The second kappa shape index (κ2) is 13.9. The number of rotatable bonds is 13. The maximum absolute atomic E-state index is 13.1. The number of likely N-dealkylation sites (tertiary alicyclic amines) is 1. The molecule has 0 N–H and O–H groups in total. The van der Waals surface area contributed by atoms with Gasteiger partial charge in [0, 0.05) is 30.9 Å². The molecule has 39 heavy (non-hydrogen) atoms. The molecule has 4 rings (SSSR count). The topological polar surface area (TPSA) is 66.9 Å². The Balaban J connectivity index is 1.31. The van der Waals surface area contributed by atoms with Gasteiger partial charge in [-0.05, 0) is 87.7 Å². The van der Waals surface area contributed by atoms with Gasteiger partial charge in [-0.3, -0.25) is 4.79 Å². The van der Waals surface area contributed by atoms with Crippen molar-refractivity contribution in [3.63, 3.8) is 0 Å². The van der Waals surface area contributed by atoms with Gasteiger partial charge < -0.3 is 14.0 Å². The van der Waals surface area contributed by atoms with Gasteiger partial charge in [-0.25, -0.2) is 0 Å². The second-order valence-corrected chi connectivity index (χ2v) is 12.2. The van der Waals surface area contributed by atoms with E-state index in [1.807, 2.05) is 36.4 Å². The first kappa shape index (κ1) is 29.1. The lowest BCUT2D eigenvalue weighted by Crippen LogP contribution is -2.37. The predicted octanol–water partition coefficient (Wildman–Crippen LogP) is 6.43. The molecule has 0 radical (unpaired) electrons. The van der Waals surface area contributed by atoms with Gasteiger partial charge in [0.2, 0.25) is 5.91 Å². The summed E-state index contributed by atoms with van der Waals surface area (Å²) in [6.45, 7) is 8.30. The molecule has 3 aromatic carbocycles. The van der Waals surface area contributed by atoms with Crippen LogP contribution < -0.4 is 4.18 Å². The second-order valence-electron chi connectivity index (χ2n) is 10.6. The number of carbonyl (C=O) groups excluding carboxylic acids is 1. The zero-order valence-corrected chi connectivity index (χ0v) is 24.2. The molecule has 210 valence electrons. The summed E-state index contributed by atoms with van der Waals surface area (Å²) in [5, 5.41) is 1.51. The van der Waals surface area contributed by atoms with Crippen LogP contribution in [0.5, 0.6) is 5.75 Å². The van der Waals surface area contributed by atoms with E-state index in [1.165, 1.54) is 0 Å². The van der Waals surface area contributed by atoms with Crippen molar-refractivity contribution in [1.29, 1.82) is 0 Å². The van der Waals surface area contributed by atoms with Crippen LogP contribution >= 0.6 is 0 Å². The Bertz CT molecular complexity index is 1320. The minimum atomic E-state index is -3.96. The van der Waals surface area contributed by atoms with Crippen molar-refractivity contribution in [2.24, 2.45) is 0 Å². The lowest BCUT2D eigenvalue weighted by Gasteiger charge is -2.29. The quantitative estimate of drug-likeness (QED) is 0.181. The van der Waals surface area contributed by atoms with Crippen LogP contribution in [-0.4, -0.2) is 56.3 Å². The fourth-order valence-corrected chi connectivity index (χ4v) is 6.62. The number of unbranched alkanes of at least 4 members (excludes halogenated alkanes) is 1. The maximum atomic E-state index is 13.1. The summed E-state index contributed by atoms with van der Waals surface area (Å²) < 4.78 is 31.6. The highest BCUT2D eigenvalue weighted by Gasteiger charge is 2.20. The molecule has 0 bridgehead atoms. The SMILES string of the molecule is CCCN(CCCCN1CCCCCC1=O)C(C)Cc1ccc(OS(=O)(=O)c2cccc3ccccc23)cc1. The number of hydrogen-bond donors (Lipinski definition) is 0. The van der Waals surface area contributed by atoms with Crippen molar-refractivity contribution < 1.29 is 17.4 Å². The predicted molar refractivity (Wildman–Crippen MR) is 158 cm³/mol. The van der Waals surface area contributed by atoms with Crippen molar-refractivity contribution in [2.45, 2.75) is 76.2 Å². The van der Waals surface area contributed by atoms with Crippen molar-refractivity contribution in [2.75, 3.05) is 26.2 Å². The van der Waals surface area contributed by atoms with E-state index in [9.17, 15) is 13.2 Å². The number of benzene rings is 3. The molecule has 1 aliphatic rings. The van der Waals surface area contributed by atoms with Gasteiger partial charge in [-0.2, -0.15) is 8.42 Å². The molecule has 1 unspecified atom stereocenters. The average molecular weight is 551 g/mol. The first-order valence-corrected chi connectivity index (χ1v) is 15.8. The highest BCUT2D eigenvalue weighted by molar-refractivity contribution is 7.87. The van der Waals surface area contributed by atoms with E-state index in [0.717, 1.165) is 82.1 Å². The molecule has 0 spiro atoms. The van der Waals surface area contributed by atoms with Crippen molar-refractivity contribution >= 4 is 26.8 Å². The fourth-order valence-electron chi connectivity index (χ4n) is 5.47. The molecule has 1 fully saturated rings. The van der Waals surface area contributed by atoms with E-state index in [2.05, 4.69) is 23.6 Å². The standard InChI is InChI=1S/C32H42N2O4S/c1-3-21-33(22-9-10-24-34-23-8-4-5-16-32(34)35)26(2)25-27-17-19-29(20-18-27)38-39(36,37)31-15-11-13-28-12-6-7-14-30(28)31/h6-7,11-15,17-20,26H,3-5,8-10,16,21-25H2,1-2H3. The van der Waals surface area contributed by atoms with E-state index in [1.54, 1.807) is 30.3 Å². The Morgan fingerprint density at radius 3 is 2.49 bits per heavy atom. The number of hydrogen-bond acceptors (Lipinski definition) is 5. The highest BCUT2D eigenvalue weighted by Crippen LogP contribution is 2.26. The minimum absolute atomic E-state index is 0.175. The molecule has 1 heterocycles. The zero-order valence-electron chi connectivity index (χ0n) is 23.3. The van der Waals surface area contributed by atoms with E-state index in [4.69, 9.17) is 4.18 Å². The molecular formula is C32H42N2O4S. The summed E-state index contributed by atoms with van der Waals surface area (Å²) in [5.41, 5.74) is 1.15. The lowest BCUT2D eigenvalue weighted by atomic mass is 10.0. The summed E-state index contributed by atoms with van der Waals surface area (Å²) in [6, 6.07) is 20.4. The number of nitrogens with zero attached hydrogens (tertiary/aromatic N) is 2. The van der Waals surface area contributed by atoms with Crippen LogP contribution in [0.2, 0.25) is 0 Å². The molecule has 0 aromatic heterocycles. The summed E-state index contributed by atoms with van der Waals surface area (Å²) in [4.78, 5) is 17.0. The van der Waals surface area contributed by atoms with Gasteiger partial charge in [-0.15, -0.1) is 0 Å². The lowest BCUT2D eigenvalue weighted by molar-refractivity contribution is -0.130. The van der Waals surface area contributed by atoms with E-state index >= 15 is 0 Å². The van der Waals surface area contributed by atoms with Crippen LogP contribution in [-0.2, 0) is 21.3 Å². The van der Waals surface area contributed by atoms with Crippen molar-refractivity contribution in [3.05, 3.63) is 72.3 Å². The maximum Gasteiger partial charge on any atom is 0.339 e. The van der Waals surface area contributed by atoms with Crippen LogP contribution in [0.1, 0.15) is 64.4 Å². The summed E-state index contributed by atoms with van der Waals surface area (Å²) >= 11 is 0. The minimum Gasteiger partial charge on any atom is -0.379 e. The van der Waals surface area contributed by atoms with Gasteiger partial charge in [-0.1, -0.05) is 61.9 Å². The molecule has 1 saturated heterocycles. The Labute approximate surface area is 234 Å². The molecular weight excluding hydrogens is 508 g/mol. The third-order valence-corrected chi connectivity index (χ3v) is 8.91. The van der Waals surface area contributed by atoms with Gasteiger partial charge in [0.1, 0.15) is 10.6 Å². The molecule has 6 nitrogen and oxygen atoms in total. The average Bonchev–Trinajstić information content (AvgIpc) is 3.14. The molecule has 1 atom stereocenters. The number of amides is 1. The molecule has 3 aromatic rings. The molecule has 7 heteroatoms. The monoisotopic (exact) mass is 550 g/mol. The summed E-state index contributed by atoms with van der Waals surface area (Å²) in [5.74, 6) is 0.636. The smallest absolute Gasteiger partial charge is 0.339 e. The molecule has 1 amide bonds. The van der Waals surface area contributed by atoms with Crippen LogP contribution in [0.3, 0.4) is 0 Å². The van der Waals surface area contributed by atoms with Gasteiger partial charge in [0.25, 0.3) is 0 Å². The van der Waals surface area contributed by atoms with Crippen molar-refractivity contribution in [1.82, 2.24) is 9.80 Å². The molecule has 0 aliphatic carbocycles. The largest absolute Gasteiger partial charge is 0.379 e. The van der Waals surface area contributed by atoms with Crippen LogP contribution in [0.4, 0.5) is 0 Å². The van der Waals surface area contributed by atoms with Crippen LogP contribution in [0.25, 0.3) is 10.8 Å². The van der Waals surface area contributed by atoms with Gasteiger partial charge in [0.15, 0.2) is 0 Å². The van der Waals surface area contributed by atoms with E-state index in [0.29, 0.717) is 29.5 Å². The third kappa shape index (κ3) is 8.05. The van der Waals surface area contributed by atoms with E-state index < -0.39 is 10.1 Å². The summed E-state index contributed by atoms with van der Waals surface area (Å²) in [6.07, 6.45) is 8.11. The first-order chi connectivity index (χ1) is 18.9. The zero-order chi connectivity index (χ0) is 27.7. The van der Waals surface area contributed by atoms with Crippen LogP contribution in [0.15, 0.2) is 71.6 Å². The Morgan fingerprint density at radius 1 is 0.923 bits per heavy atom. The normalized spacial score (nSPS) is 15.5. The van der Waals surface area contributed by atoms with Crippen LogP contribution in [0, 0.1) is 0 Å². The van der Waals surface area contributed by atoms with Gasteiger partial charge in [0.05, 0.1) is 0 Å². The third-order valence-electron chi connectivity index (χ3n) is 7.61.